The quantitative estimate of drug-likeness (QED) is 0.650. The van der Waals surface area contributed by atoms with Crippen molar-refractivity contribution in [3.63, 3.8) is 0 Å². The van der Waals surface area contributed by atoms with Gasteiger partial charge in [0, 0.05) is 36.9 Å². The van der Waals surface area contributed by atoms with Crippen molar-refractivity contribution in [2.75, 3.05) is 23.3 Å². The molecule has 0 aliphatic heterocycles. The Labute approximate surface area is 174 Å². The first-order valence-electron chi connectivity index (χ1n) is 9.87. The molecule has 0 saturated heterocycles. The number of nitrogens with one attached hydrogen (secondary N) is 2. The first-order chi connectivity index (χ1) is 13.6. The van der Waals surface area contributed by atoms with E-state index in [4.69, 9.17) is 0 Å². The Balaban J connectivity index is 1.89. The smallest absolute Gasteiger partial charge is 0.240 e. The summed E-state index contributed by atoms with van der Waals surface area (Å²) in [6.45, 7) is 11.1. The standard InChI is InChI=1S/C22H31N3O3S/c1-6-25(16(2)3)20-10-8-19(9-11-20)24-22(26)13-14-23-29(27,28)21-12-7-17(4)18(5)15-21/h7-12,15-16,23H,6,13-14H2,1-5H3,(H,24,26). The number of benzene rings is 2. The predicted octanol–water partition coefficient (Wildman–Crippen LogP) is 3.85. The molecule has 0 fully saturated rings. The Morgan fingerprint density at radius 2 is 1.69 bits per heavy atom. The largest absolute Gasteiger partial charge is 0.369 e. The van der Waals surface area contributed by atoms with Gasteiger partial charge in [-0.15, -0.1) is 0 Å². The summed E-state index contributed by atoms with van der Waals surface area (Å²) < 4.78 is 27.2. The van der Waals surface area contributed by atoms with E-state index in [0.717, 1.165) is 23.4 Å². The van der Waals surface area contributed by atoms with Gasteiger partial charge in [-0.25, -0.2) is 13.1 Å². The Bertz CT molecular complexity index is 938. The van der Waals surface area contributed by atoms with Crippen LogP contribution in [0.1, 0.15) is 38.3 Å². The van der Waals surface area contributed by atoms with Crippen molar-refractivity contribution in [2.45, 2.75) is 52.0 Å². The van der Waals surface area contributed by atoms with Crippen LogP contribution in [0.2, 0.25) is 0 Å². The van der Waals surface area contributed by atoms with Crippen LogP contribution in [0.4, 0.5) is 11.4 Å². The second-order valence-electron chi connectivity index (χ2n) is 7.37. The number of sulfonamides is 1. The first-order valence-corrected chi connectivity index (χ1v) is 11.4. The lowest BCUT2D eigenvalue weighted by Gasteiger charge is -2.27. The highest BCUT2D eigenvalue weighted by Crippen LogP contribution is 2.20. The van der Waals surface area contributed by atoms with Gasteiger partial charge >= 0.3 is 0 Å². The molecule has 2 aromatic rings. The molecule has 6 nitrogen and oxygen atoms in total. The number of hydrogen-bond acceptors (Lipinski definition) is 4. The number of carbonyl (C=O) groups is 1. The lowest BCUT2D eigenvalue weighted by Crippen LogP contribution is -2.30. The Morgan fingerprint density at radius 3 is 2.24 bits per heavy atom. The first kappa shape index (κ1) is 22.9. The minimum atomic E-state index is -3.63. The second-order valence-corrected chi connectivity index (χ2v) is 9.14. The summed E-state index contributed by atoms with van der Waals surface area (Å²) in [5.41, 5.74) is 3.73. The fraction of sp³-hybridized carbons (Fsp3) is 0.409. The predicted molar refractivity (Wildman–Crippen MR) is 119 cm³/mol. The molecule has 29 heavy (non-hydrogen) atoms. The highest BCUT2D eigenvalue weighted by Gasteiger charge is 2.15. The maximum atomic E-state index is 12.4. The van der Waals surface area contributed by atoms with Crippen molar-refractivity contribution in [3.8, 4) is 0 Å². The van der Waals surface area contributed by atoms with E-state index in [2.05, 4.69) is 35.7 Å². The summed E-state index contributed by atoms with van der Waals surface area (Å²) in [5, 5.41) is 2.81. The molecule has 0 atom stereocenters. The lowest BCUT2D eigenvalue weighted by atomic mass is 10.1. The van der Waals surface area contributed by atoms with Crippen LogP contribution in [0.5, 0.6) is 0 Å². The summed E-state index contributed by atoms with van der Waals surface area (Å²) in [7, 11) is -3.63. The van der Waals surface area contributed by atoms with E-state index >= 15 is 0 Å². The minimum Gasteiger partial charge on any atom is -0.369 e. The fourth-order valence-corrected chi connectivity index (χ4v) is 4.19. The van der Waals surface area contributed by atoms with Crippen molar-refractivity contribution in [3.05, 3.63) is 53.6 Å². The fourth-order valence-electron chi connectivity index (χ4n) is 3.07. The van der Waals surface area contributed by atoms with Crippen molar-refractivity contribution in [2.24, 2.45) is 0 Å². The second kappa shape index (κ2) is 9.89. The maximum absolute atomic E-state index is 12.4. The van der Waals surface area contributed by atoms with Gasteiger partial charge in [0.15, 0.2) is 0 Å². The number of aryl methyl sites for hydroxylation is 2. The van der Waals surface area contributed by atoms with E-state index in [1.54, 1.807) is 18.2 Å². The van der Waals surface area contributed by atoms with Gasteiger partial charge in [0.2, 0.25) is 15.9 Å². The van der Waals surface area contributed by atoms with E-state index < -0.39 is 10.0 Å². The van der Waals surface area contributed by atoms with Crippen LogP contribution in [0, 0.1) is 13.8 Å². The topological polar surface area (TPSA) is 78.5 Å². The van der Waals surface area contributed by atoms with Gasteiger partial charge in [0.05, 0.1) is 4.90 Å². The lowest BCUT2D eigenvalue weighted by molar-refractivity contribution is -0.116. The van der Waals surface area contributed by atoms with Gasteiger partial charge in [-0.1, -0.05) is 6.07 Å². The molecule has 0 aliphatic rings. The Kier molecular flexibility index (Phi) is 7.81. The molecule has 0 aromatic heterocycles. The Hall–Kier alpha value is -2.38. The van der Waals surface area contributed by atoms with Gasteiger partial charge in [-0.05, 0) is 82.1 Å². The average Bonchev–Trinajstić information content (AvgIpc) is 2.65. The highest BCUT2D eigenvalue weighted by molar-refractivity contribution is 7.89. The zero-order chi connectivity index (χ0) is 21.6. The SMILES string of the molecule is CCN(c1ccc(NC(=O)CCNS(=O)(=O)c2ccc(C)c(C)c2)cc1)C(C)C. The summed E-state index contributed by atoms with van der Waals surface area (Å²) in [6.07, 6.45) is 0.0545. The minimum absolute atomic E-state index is 0.0378. The third-order valence-electron chi connectivity index (χ3n) is 4.88. The molecule has 0 aliphatic carbocycles. The van der Waals surface area contributed by atoms with Crippen LogP contribution < -0.4 is 14.9 Å². The zero-order valence-corrected chi connectivity index (χ0v) is 18.6. The summed E-state index contributed by atoms with van der Waals surface area (Å²) >= 11 is 0. The number of amides is 1. The van der Waals surface area contributed by atoms with Gasteiger partial charge in [0.1, 0.15) is 0 Å². The number of nitrogens with zero attached hydrogens (tertiary/aromatic N) is 1. The van der Waals surface area contributed by atoms with Crippen LogP contribution in [0.15, 0.2) is 47.4 Å². The summed E-state index contributed by atoms with van der Waals surface area (Å²) in [4.78, 5) is 14.6. The average molecular weight is 418 g/mol. The van der Waals surface area contributed by atoms with Crippen LogP contribution >= 0.6 is 0 Å². The highest BCUT2D eigenvalue weighted by atomic mass is 32.2. The third kappa shape index (κ3) is 6.30. The molecular formula is C22H31N3O3S. The number of carbonyl (C=O) groups excluding carboxylic acids is 1. The molecule has 0 heterocycles. The van der Waals surface area contributed by atoms with Crippen LogP contribution in [0.3, 0.4) is 0 Å². The van der Waals surface area contributed by atoms with Crippen LogP contribution in [-0.2, 0) is 14.8 Å². The monoisotopic (exact) mass is 417 g/mol. The zero-order valence-electron chi connectivity index (χ0n) is 17.8. The Morgan fingerprint density at radius 1 is 1.03 bits per heavy atom. The number of rotatable bonds is 9. The van der Waals surface area contributed by atoms with Gasteiger partial charge in [-0.2, -0.15) is 0 Å². The molecule has 0 radical (unpaired) electrons. The van der Waals surface area contributed by atoms with E-state index in [9.17, 15) is 13.2 Å². The molecule has 1 amide bonds. The van der Waals surface area contributed by atoms with Gasteiger partial charge in [0.25, 0.3) is 0 Å². The van der Waals surface area contributed by atoms with Crippen molar-refractivity contribution >= 4 is 27.3 Å². The molecular weight excluding hydrogens is 386 g/mol. The van der Waals surface area contributed by atoms with Gasteiger partial charge < -0.3 is 10.2 Å². The molecule has 7 heteroatoms. The van der Waals surface area contributed by atoms with E-state index in [0.29, 0.717) is 11.7 Å². The van der Waals surface area contributed by atoms with Crippen LogP contribution in [0.25, 0.3) is 0 Å². The summed E-state index contributed by atoms with van der Waals surface area (Å²) in [5.74, 6) is -0.239. The van der Waals surface area contributed by atoms with Crippen molar-refractivity contribution in [1.82, 2.24) is 4.72 Å². The summed E-state index contributed by atoms with van der Waals surface area (Å²) in [6, 6.07) is 13.0. The molecule has 2 N–H and O–H groups in total. The van der Waals surface area contributed by atoms with E-state index in [1.165, 1.54) is 0 Å². The molecule has 158 valence electrons. The number of hydrogen-bond donors (Lipinski definition) is 2. The molecule has 0 spiro atoms. The molecule has 0 unspecified atom stereocenters. The molecule has 0 bridgehead atoms. The third-order valence-corrected chi connectivity index (χ3v) is 6.34. The van der Waals surface area contributed by atoms with E-state index in [1.807, 2.05) is 38.1 Å². The van der Waals surface area contributed by atoms with Crippen molar-refractivity contribution < 1.29 is 13.2 Å². The number of anilines is 2. The molecule has 0 saturated carbocycles. The van der Waals surface area contributed by atoms with Crippen molar-refractivity contribution in [1.29, 1.82) is 0 Å². The van der Waals surface area contributed by atoms with Gasteiger partial charge in [-0.3, -0.25) is 4.79 Å². The van der Waals surface area contributed by atoms with E-state index in [-0.39, 0.29) is 23.8 Å². The molecule has 2 aromatic carbocycles. The normalized spacial score (nSPS) is 11.5. The van der Waals surface area contributed by atoms with Crippen LogP contribution in [-0.4, -0.2) is 33.5 Å². The maximum Gasteiger partial charge on any atom is 0.240 e. The molecule has 2 rings (SSSR count).